The largest absolute Gasteiger partial charge is 0.469 e. The summed E-state index contributed by atoms with van der Waals surface area (Å²) < 4.78 is 4.57. The average Bonchev–Trinajstić information content (AvgIpc) is 3.03. The first-order valence-corrected chi connectivity index (χ1v) is 10.8. The van der Waals surface area contributed by atoms with Gasteiger partial charge in [-0.2, -0.15) is 0 Å². The second kappa shape index (κ2) is 13.1. The van der Waals surface area contributed by atoms with Crippen LogP contribution in [0.2, 0.25) is 0 Å². The number of aliphatic hydroxyl groups is 3. The highest BCUT2D eigenvalue weighted by Gasteiger charge is 2.32. The summed E-state index contributed by atoms with van der Waals surface area (Å²) in [5.41, 5.74) is -0.860. The number of carbonyl (C=O) groups excluding carboxylic acids is 1. The first-order chi connectivity index (χ1) is 13.3. The Morgan fingerprint density at radius 1 is 1.32 bits per heavy atom. The first kappa shape index (κ1) is 24.9. The predicted molar refractivity (Wildman–Crippen MR) is 112 cm³/mol. The Hall–Kier alpha value is -1.17. The maximum Gasteiger partial charge on any atom is 0.308 e. The van der Waals surface area contributed by atoms with Crippen molar-refractivity contribution in [3.63, 3.8) is 0 Å². The molecule has 28 heavy (non-hydrogen) atoms. The lowest BCUT2D eigenvalue weighted by Gasteiger charge is -2.23. The van der Waals surface area contributed by atoms with Gasteiger partial charge in [0, 0.05) is 5.92 Å². The van der Waals surface area contributed by atoms with E-state index in [0.29, 0.717) is 25.2 Å². The van der Waals surface area contributed by atoms with Crippen LogP contribution in [-0.4, -0.2) is 46.2 Å². The van der Waals surface area contributed by atoms with Gasteiger partial charge in [-0.15, -0.1) is 6.58 Å². The third kappa shape index (κ3) is 8.89. The van der Waals surface area contributed by atoms with Crippen LogP contribution in [-0.2, 0) is 9.53 Å². The number of hydrogen-bond acceptors (Lipinski definition) is 5. The van der Waals surface area contributed by atoms with E-state index in [1.54, 1.807) is 6.08 Å². The SMILES string of the molecule is C=CC(O)(CC=C[C@@H]1[C@@H](CCCCC(O)CC(=O)OC)CC[C@H]1O)CCCC. The van der Waals surface area contributed by atoms with Gasteiger partial charge in [0.15, 0.2) is 0 Å². The Balaban J connectivity index is 2.42. The van der Waals surface area contributed by atoms with E-state index < -0.39 is 11.7 Å². The summed E-state index contributed by atoms with van der Waals surface area (Å²) in [5.74, 6) is 0.173. The van der Waals surface area contributed by atoms with E-state index in [1.807, 2.05) is 6.08 Å². The van der Waals surface area contributed by atoms with Gasteiger partial charge in [0.1, 0.15) is 0 Å². The highest BCUT2D eigenvalue weighted by molar-refractivity contribution is 5.69. The second-order valence-corrected chi connectivity index (χ2v) is 8.24. The third-order valence-corrected chi connectivity index (χ3v) is 5.99. The minimum absolute atomic E-state index is 0.0499. The van der Waals surface area contributed by atoms with Gasteiger partial charge in [0.05, 0.1) is 31.3 Å². The molecule has 0 heterocycles. The minimum Gasteiger partial charge on any atom is -0.469 e. The lowest BCUT2D eigenvalue weighted by atomic mass is 9.87. The molecule has 162 valence electrons. The molecular weight excluding hydrogens is 356 g/mol. The van der Waals surface area contributed by atoms with E-state index in [9.17, 15) is 20.1 Å². The third-order valence-electron chi connectivity index (χ3n) is 5.99. The number of rotatable bonds is 14. The molecule has 0 saturated heterocycles. The average molecular weight is 397 g/mol. The van der Waals surface area contributed by atoms with Crippen LogP contribution in [0.1, 0.15) is 77.6 Å². The Kier molecular flexibility index (Phi) is 11.7. The van der Waals surface area contributed by atoms with Crippen LogP contribution in [0, 0.1) is 11.8 Å². The highest BCUT2D eigenvalue weighted by atomic mass is 16.5. The number of unbranched alkanes of at least 4 members (excludes halogenated alkanes) is 2. The molecule has 1 rings (SSSR count). The molecule has 5 heteroatoms. The molecule has 0 bridgehead atoms. The molecule has 1 fully saturated rings. The first-order valence-electron chi connectivity index (χ1n) is 10.8. The van der Waals surface area contributed by atoms with Crippen molar-refractivity contribution >= 4 is 5.97 Å². The fraction of sp³-hybridized carbons (Fsp3) is 0.783. The van der Waals surface area contributed by atoms with Crippen molar-refractivity contribution in [2.45, 2.75) is 95.4 Å². The highest BCUT2D eigenvalue weighted by Crippen LogP contribution is 2.37. The van der Waals surface area contributed by atoms with Crippen molar-refractivity contribution in [1.82, 2.24) is 0 Å². The van der Waals surface area contributed by atoms with Crippen molar-refractivity contribution in [3.8, 4) is 0 Å². The van der Waals surface area contributed by atoms with E-state index in [2.05, 4.69) is 24.3 Å². The topological polar surface area (TPSA) is 87.0 Å². The van der Waals surface area contributed by atoms with E-state index in [0.717, 1.165) is 44.9 Å². The van der Waals surface area contributed by atoms with Crippen molar-refractivity contribution < 1.29 is 24.9 Å². The van der Waals surface area contributed by atoms with Gasteiger partial charge in [-0.25, -0.2) is 0 Å². The summed E-state index contributed by atoms with van der Waals surface area (Å²) in [6.45, 7) is 5.88. The van der Waals surface area contributed by atoms with Crippen molar-refractivity contribution in [2.24, 2.45) is 11.8 Å². The monoisotopic (exact) mass is 396 g/mol. The summed E-state index contributed by atoms with van der Waals surface area (Å²) in [5, 5.41) is 30.7. The number of ether oxygens (including phenoxy) is 1. The van der Waals surface area contributed by atoms with Crippen LogP contribution in [0.5, 0.6) is 0 Å². The Morgan fingerprint density at radius 3 is 2.71 bits per heavy atom. The Bertz CT molecular complexity index is 489. The maximum atomic E-state index is 11.2. The minimum atomic E-state index is -0.860. The van der Waals surface area contributed by atoms with Gasteiger partial charge in [-0.1, -0.05) is 50.8 Å². The summed E-state index contributed by atoms with van der Waals surface area (Å²) in [6.07, 6.45) is 13.3. The summed E-state index contributed by atoms with van der Waals surface area (Å²) in [4.78, 5) is 11.2. The molecule has 0 spiro atoms. The van der Waals surface area contributed by atoms with Crippen LogP contribution in [0.3, 0.4) is 0 Å². The van der Waals surface area contributed by atoms with Crippen molar-refractivity contribution in [1.29, 1.82) is 0 Å². The molecule has 1 aliphatic carbocycles. The molecule has 2 unspecified atom stereocenters. The Labute approximate surface area is 170 Å². The van der Waals surface area contributed by atoms with Crippen molar-refractivity contribution in [2.75, 3.05) is 7.11 Å². The molecule has 0 aromatic heterocycles. The quantitative estimate of drug-likeness (QED) is 0.235. The van der Waals surface area contributed by atoms with Crippen molar-refractivity contribution in [3.05, 3.63) is 24.8 Å². The van der Waals surface area contributed by atoms with Gasteiger partial charge < -0.3 is 20.1 Å². The summed E-state index contributed by atoms with van der Waals surface area (Å²) in [7, 11) is 1.33. The van der Waals surface area contributed by atoms with Crippen LogP contribution in [0.4, 0.5) is 0 Å². The molecule has 0 radical (unpaired) electrons. The van der Waals surface area contributed by atoms with Gasteiger partial charge >= 0.3 is 5.97 Å². The molecular formula is C23H40O5. The van der Waals surface area contributed by atoms with Crippen LogP contribution >= 0.6 is 0 Å². The molecule has 1 aliphatic rings. The van der Waals surface area contributed by atoms with Gasteiger partial charge in [0.2, 0.25) is 0 Å². The second-order valence-electron chi connectivity index (χ2n) is 8.24. The lowest BCUT2D eigenvalue weighted by molar-refractivity contribution is -0.142. The van der Waals surface area contributed by atoms with Crippen LogP contribution in [0.15, 0.2) is 24.8 Å². The van der Waals surface area contributed by atoms with Gasteiger partial charge in [0.25, 0.3) is 0 Å². The van der Waals surface area contributed by atoms with E-state index in [1.165, 1.54) is 7.11 Å². The molecule has 3 N–H and O–H groups in total. The van der Waals surface area contributed by atoms with Crippen LogP contribution < -0.4 is 0 Å². The predicted octanol–water partition coefficient (Wildman–Crippen LogP) is 3.91. The molecule has 0 aliphatic heterocycles. The Morgan fingerprint density at radius 2 is 2.07 bits per heavy atom. The molecule has 5 atom stereocenters. The van der Waals surface area contributed by atoms with Crippen LogP contribution in [0.25, 0.3) is 0 Å². The molecule has 5 nitrogen and oxygen atoms in total. The number of aliphatic hydroxyl groups excluding tert-OH is 2. The maximum absolute atomic E-state index is 11.2. The number of carbonyl (C=O) groups is 1. The number of hydrogen-bond donors (Lipinski definition) is 3. The molecule has 0 amide bonds. The summed E-state index contributed by atoms with van der Waals surface area (Å²) >= 11 is 0. The number of esters is 1. The summed E-state index contributed by atoms with van der Waals surface area (Å²) in [6, 6.07) is 0. The smallest absolute Gasteiger partial charge is 0.308 e. The van der Waals surface area contributed by atoms with Gasteiger partial charge in [-0.05, 0) is 44.4 Å². The standard InChI is InChI=1S/C23H40O5/c1-4-6-15-23(27,5-2)16-9-12-20-18(13-14-21(20)25)10-7-8-11-19(24)17-22(26)28-3/h5,9,12,18-21,24-25,27H,2,4,6-8,10-11,13-17H2,1,3H3/t18-,19?,20+,21+,23?/m0/s1. The molecule has 1 saturated carbocycles. The van der Waals surface area contributed by atoms with E-state index in [-0.39, 0.29) is 24.4 Å². The lowest BCUT2D eigenvalue weighted by Crippen LogP contribution is -2.24. The zero-order chi connectivity index (χ0) is 21.0. The molecule has 0 aromatic carbocycles. The zero-order valence-corrected chi connectivity index (χ0v) is 17.7. The molecule has 0 aromatic rings. The number of methoxy groups -OCH3 is 1. The fourth-order valence-electron chi connectivity index (χ4n) is 4.07. The van der Waals surface area contributed by atoms with E-state index in [4.69, 9.17) is 0 Å². The van der Waals surface area contributed by atoms with E-state index >= 15 is 0 Å². The van der Waals surface area contributed by atoms with Gasteiger partial charge in [-0.3, -0.25) is 4.79 Å². The fourth-order valence-corrected chi connectivity index (χ4v) is 4.07. The zero-order valence-electron chi connectivity index (χ0n) is 17.7. The normalized spacial score (nSPS) is 25.5.